The lowest BCUT2D eigenvalue weighted by molar-refractivity contribution is -0.383. The Morgan fingerprint density at radius 1 is 1.35 bits per heavy atom. The van der Waals surface area contributed by atoms with Gasteiger partial charge in [-0.1, -0.05) is 37.8 Å². The van der Waals surface area contributed by atoms with Crippen molar-refractivity contribution in [1.82, 2.24) is 10.3 Å². The van der Waals surface area contributed by atoms with Gasteiger partial charge in [0.15, 0.2) is 0 Å². The van der Waals surface area contributed by atoms with E-state index in [2.05, 4.69) is 10.3 Å². The van der Waals surface area contributed by atoms with Gasteiger partial charge >= 0.3 is 0 Å². The van der Waals surface area contributed by atoms with Gasteiger partial charge < -0.3 is 10.3 Å². The monoisotopic (exact) mass is 315 g/mol. The standard InChI is InChI=1S/C17H21N3O3/c21-17(18-10-4-7-12-5-1-2-6-12)14-11-13-8-3-9-15(20(22)23)16(13)19-14/h3,8-9,11-12,19H,1-2,4-7,10H2,(H,18,21). The van der Waals surface area contributed by atoms with Crippen LogP contribution in [0.4, 0.5) is 5.69 Å². The highest BCUT2D eigenvalue weighted by atomic mass is 16.6. The number of fused-ring (bicyclic) bond motifs is 1. The van der Waals surface area contributed by atoms with Crippen molar-refractivity contribution in [2.75, 3.05) is 6.54 Å². The molecule has 122 valence electrons. The molecule has 0 radical (unpaired) electrons. The number of H-pyrrole nitrogens is 1. The molecule has 3 rings (SSSR count). The van der Waals surface area contributed by atoms with E-state index in [1.165, 1.54) is 38.2 Å². The van der Waals surface area contributed by atoms with Crippen LogP contribution in [-0.4, -0.2) is 22.4 Å². The molecule has 1 aliphatic carbocycles. The Morgan fingerprint density at radius 3 is 2.87 bits per heavy atom. The first kappa shape index (κ1) is 15.5. The van der Waals surface area contributed by atoms with E-state index in [9.17, 15) is 14.9 Å². The van der Waals surface area contributed by atoms with E-state index in [1.807, 2.05) is 0 Å². The zero-order chi connectivity index (χ0) is 16.2. The maximum atomic E-state index is 12.2. The first-order valence-electron chi connectivity index (χ1n) is 8.19. The molecule has 0 atom stereocenters. The van der Waals surface area contributed by atoms with Crippen LogP contribution in [0.15, 0.2) is 24.3 Å². The average Bonchev–Trinajstić information content (AvgIpc) is 3.19. The quantitative estimate of drug-likeness (QED) is 0.483. The second-order valence-electron chi connectivity index (χ2n) is 6.23. The molecule has 2 N–H and O–H groups in total. The maximum absolute atomic E-state index is 12.2. The van der Waals surface area contributed by atoms with Gasteiger partial charge in [-0.2, -0.15) is 0 Å². The van der Waals surface area contributed by atoms with Gasteiger partial charge in [-0.3, -0.25) is 14.9 Å². The molecule has 6 nitrogen and oxygen atoms in total. The van der Waals surface area contributed by atoms with Crippen molar-refractivity contribution >= 4 is 22.5 Å². The Balaban J connectivity index is 1.59. The second kappa shape index (κ2) is 6.81. The van der Waals surface area contributed by atoms with E-state index >= 15 is 0 Å². The summed E-state index contributed by atoms with van der Waals surface area (Å²) in [6.45, 7) is 0.646. The molecule has 1 fully saturated rings. The predicted octanol–water partition coefficient (Wildman–Crippen LogP) is 3.78. The van der Waals surface area contributed by atoms with Crippen molar-refractivity contribution in [3.63, 3.8) is 0 Å². The summed E-state index contributed by atoms with van der Waals surface area (Å²) in [5.74, 6) is 0.615. The highest BCUT2D eigenvalue weighted by Gasteiger charge is 2.17. The summed E-state index contributed by atoms with van der Waals surface area (Å²) in [6, 6.07) is 6.48. The fourth-order valence-corrected chi connectivity index (χ4v) is 3.40. The van der Waals surface area contributed by atoms with Crippen LogP contribution >= 0.6 is 0 Å². The van der Waals surface area contributed by atoms with E-state index in [0.717, 1.165) is 12.3 Å². The fourth-order valence-electron chi connectivity index (χ4n) is 3.40. The van der Waals surface area contributed by atoms with E-state index in [4.69, 9.17) is 0 Å². The Kier molecular flexibility index (Phi) is 4.60. The lowest BCUT2D eigenvalue weighted by atomic mass is 10.0. The van der Waals surface area contributed by atoms with Crippen LogP contribution in [0.1, 0.15) is 49.0 Å². The maximum Gasteiger partial charge on any atom is 0.293 e. The predicted molar refractivity (Wildman–Crippen MR) is 88.5 cm³/mol. The van der Waals surface area contributed by atoms with E-state index < -0.39 is 4.92 Å². The first-order valence-corrected chi connectivity index (χ1v) is 8.19. The minimum Gasteiger partial charge on any atom is -0.351 e. The third kappa shape index (κ3) is 3.52. The summed E-state index contributed by atoms with van der Waals surface area (Å²) < 4.78 is 0. The second-order valence-corrected chi connectivity index (χ2v) is 6.23. The molecule has 6 heteroatoms. The van der Waals surface area contributed by atoms with Gasteiger partial charge in [0.1, 0.15) is 11.2 Å². The van der Waals surface area contributed by atoms with Gasteiger partial charge in [-0.05, 0) is 24.8 Å². The lowest BCUT2D eigenvalue weighted by Gasteiger charge is -2.08. The molecule has 1 aliphatic rings. The topological polar surface area (TPSA) is 88.0 Å². The van der Waals surface area contributed by atoms with Crippen molar-refractivity contribution in [2.24, 2.45) is 5.92 Å². The molecule has 1 aromatic carbocycles. The zero-order valence-electron chi connectivity index (χ0n) is 13.0. The van der Waals surface area contributed by atoms with E-state index in [0.29, 0.717) is 23.1 Å². The Hall–Kier alpha value is -2.37. The van der Waals surface area contributed by atoms with Gasteiger partial charge in [0.05, 0.1) is 4.92 Å². The Bertz CT molecular complexity index is 717. The normalized spacial score (nSPS) is 15.1. The summed E-state index contributed by atoms with van der Waals surface area (Å²) in [6.07, 6.45) is 7.46. The van der Waals surface area contributed by atoms with Crippen molar-refractivity contribution in [1.29, 1.82) is 0 Å². The lowest BCUT2D eigenvalue weighted by Crippen LogP contribution is -2.25. The highest BCUT2D eigenvalue weighted by molar-refractivity contribution is 6.00. The third-order valence-electron chi connectivity index (χ3n) is 4.62. The number of nitrogens with zero attached hydrogens (tertiary/aromatic N) is 1. The Morgan fingerprint density at radius 2 is 2.13 bits per heavy atom. The molecule has 0 spiro atoms. The molecule has 1 amide bonds. The number of benzene rings is 1. The minimum absolute atomic E-state index is 0.0113. The van der Waals surface area contributed by atoms with Crippen LogP contribution in [0.2, 0.25) is 0 Å². The molecule has 0 saturated heterocycles. The molecule has 1 aromatic heterocycles. The number of nitro groups is 1. The number of aromatic amines is 1. The first-order chi connectivity index (χ1) is 11.1. The SMILES string of the molecule is O=C(NCCCC1CCCC1)c1cc2cccc([N+](=O)[O-])c2[nH]1. The fraction of sp³-hybridized carbons (Fsp3) is 0.471. The van der Waals surface area contributed by atoms with Gasteiger partial charge in [-0.25, -0.2) is 0 Å². The van der Waals surface area contributed by atoms with Crippen molar-refractivity contribution in [2.45, 2.75) is 38.5 Å². The van der Waals surface area contributed by atoms with Gasteiger partial charge in [0.2, 0.25) is 0 Å². The van der Waals surface area contributed by atoms with Crippen molar-refractivity contribution < 1.29 is 9.72 Å². The smallest absolute Gasteiger partial charge is 0.293 e. The molecule has 0 bridgehead atoms. The number of amides is 1. The zero-order valence-corrected chi connectivity index (χ0v) is 13.0. The molecule has 1 saturated carbocycles. The van der Waals surface area contributed by atoms with Crippen molar-refractivity contribution in [3.05, 3.63) is 40.1 Å². The van der Waals surface area contributed by atoms with Crippen LogP contribution in [0.5, 0.6) is 0 Å². The summed E-state index contributed by atoms with van der Waals surface area (Å²) in [5.41, 5.74) is 0.756. The summed E-state index contributed by atoms with van der Waals surface area (Å²) in [5, 5.41) is 14.6. The number of carbonyl (C=O) groups excluding carboxylic acids is 1. The molecule has 2 aromatic rings. The molecular formula is C17H21N3O3. The number of aromatic nitrogens is 1. The minimum atomic E-state index is -0.442. The summed E-state index contributed by atoms with van der Waals surface area (Å²) in [4.78, 5) is 25.6. The van der Waals surface area contributed by atoms with Gasteiger partial charge in [0.25, 0.3) is 11.6 Å². The number of hydrogen-bond donors (Lipinski definition) is 2. The number of nitrogens with one attached hydrogen (secondary N) is 2. The number of nitro benzene ring substituents is 1. The summed E-state index contributed by atoms with van der Waals surface area (Å²) >= 11 is 0. The molecule has 0 unspecified atom stereocenters. The van der Waals surface area contributed by atoms with Crippen LogP contribution in [0.25, 0.3) is 10.9 Å². The number of carbonyl (C=O) groups is 1. The van der Waals surface area contributed by atoms with E-state index in [1.54, 1.807) is 18.2 Å². The molecule has 1 heterocycles. The third-order valence-corrected chi connectivity index (χ3v) is 4.62. The number of hydrogen-bond acceptors (Lipinski definition) is 3. The van der Waals surface area contributed by atoms with Crippen LogP contribution < -0.4 is 5.32 Å². The largest absolute Gasteiger partial charge is 0.351 e. The number of rotatable bonds is 6. The van der Waals surface area contributed by atoms with Crippen molar-refractivity contribution in [3.8, 4) is 0 Å². The number of para-hydroxylation sites is 1. The average molecular weight is 315 g/mol. The molecular weight excluding hydrogens is 294 g/mol. The van der Waals surface area contributed by atoms with Gasteiger partial charge in [0, 0.05) is 18.0 Å². The molecule has 23 heavy (non-hydrogen) atoms. The highest BCUT2D eigenvalue weighted by Crippen LogP contribution is 2.28. The van der Waals surface area contributed by atoms with Crippen LogP contribution in [-0.2, 0) is 0 Å². The number of non-ortho nitro benzene ring substituents is 1. The molecule has 0 aliphatic heterocycles. The van der Waals surface area contributed by atoms with Crippen LogP contribution in [0, 0.1) is 16.0 Å². The van der Waals surface area contributed by atoms with Crippen LogP contribution in [0.3, 0.4) is 0 Å². The van der Waals surface area contributed by atoms with E-state index in [-0.39, 0.29) is 11.6 Å². The summed E-state index contributed by atoms with van der Waals surface area (Å²) in [7, 11) is 0. The Labute approximate surface area is 134 Å². The van der Waals surface area contributed by atoms with Gasteiger partial charge in [-0.15, -0.1) is 0 Å².